The minimum Gasteiger partial charge on any atom is -0.397 e. The van der Waals surface area contributed by atoms with Crippen LogP contribution in [0.1, 0.15) is 37.2 Å². The van der Waals surface area contributed by atoms with Crippen LogP contribution in [0.4, 0.5) is 5.69 Å². The Morgan fingerprint density at radius 2 is 2.20 bits per heavy atom. The van der Waals surface area contributed by atoms with Crippen LogP contribution < -0.4 is 11.1 Å². The number of aromatic nitrogens is 1. The molecule has 0 fully saturated rings. The van der Waals surface area contributed by atoms with Crippen LogP contribution >= 0.6 is 0 Å². The van der Waals surface area contributed by atoms with Gasteiger partial charge in [0.05, 0.1) is 5.69 Å². The van der Waals surface area contributed by atoms with E-state index in [-0.39, 0.29) is 5.91 Å². The Morgan fingerprint density at radius 1 is 1.47 bits per heavy atom. The molecule has 1 rings (SSSR count). The number of hydrogen-bond donors (Lipinski definition) is 2. The Kier molecular flexibility index (Phi) is 4.21. The third kappa shape index (κ3) is 3.01. The van der Waals surface area contributed by atoms with Crippen molar-refractivity contribution in [1.82, 2.24) is 9.88 Å². The average Bonchev–Trinajstić information content (AvgIpc) is 2.57. The molecule has 0 atom stereocenters. The highest BCUT2D eigenvalue weighted by Crippen LogP contribution is 2.11. The van der Waals surface area contributed by atoms with Crippen LogP contribution in [0.2, 0.25) is 0 Å². The maximum Gasteiger partial charge on any atom is 0.267 e. The second kappa shape index (κ2) is 5.44. The van der Waals surface area contributed by atoms with Gasteiger partial charge in [-0.25, -0.2) is 0 Å². The standard InChI is InChI=1S/C11H19N3O/c1-3-5-13-11(15)10-7-9(12)8-14(10)6-4-2/h7-8H,3-6,12H2,1-2H3,(H,13,15). The summed E-state index contributed by atoms with van der Waals surface area (Å²) in [6, 6.07) is 1.72. The zero-order valence-electron chi connectivity index (χ0n) is 9.42. The maximum atomic E-state index is 11.7. The molecule has 0 spiro atoms. The first-order chi connectivity index (χ1) is 7.19. The summed E-state index contributed by atoms with van der Waals surface area (Å²) >= 11 is 0. The Hall–Kier alpha value is -1.45. The van der Waals surface area contributed by atoms with Crippen LogP contribution in [-0.2, 0) is 6.54 Å². The Labute approximate surface area is 90.5 Å². The molecular weight excluding hydrogens is 190 g/mol. The molecule has 0 aromatic carbocycles. The molecule has 1 aromatic heterocycles. The van der Waals surface area contributed by atoms with Crippen LogP contribution in [0.25, 0.3) is 0 Å². The van der Waals surface area contributed by atoms with Crippen LogP contribution in [-0.4, -0.2) is 17.0 Å². The third-order valence-corrected chi connectivity index (χ3v) is 2.15. The summed E-state index contributed by atoms with van der Waals surface area (Å²) in [5.41, 5.74) is 6.97. The SMILES string of the molecule is CCCNC(=O)c1cc(N)cn1CCC. The molecule has 0 aliphatic rings. The quantitative estimate of drug-likeness (QED) is 0.774. The van der Waals surface area contributed by atoms with Crippen molar-refractivity contribution in [3.05, 3.63) is 18.0 Å². The van der Waals surface area contributed by atoms with Gasteiger partial charge >= 0.3 is 0 Å². The van der Waals surface area contributed by atoms with E-state index in [1.54, 1.807) is 6.07 Å². The minimum absolute atomic E-state index is 0.0398. The Bertz CT molecular complexity index is 331. The van der Waals surface area contributed by atoms with Crippen molar-refractivity contribution in [1.29, 1.82) is 0 Å². The maximum absolute atomic E-state index is 11.7. The van der Waals surface area contributed by atoms with Gasteiger partial charge in [0, 0.05) is 19.3 Å². The van der Waals surface area contributed by atoms with Crippen molar-refractivity contribution in [2.24, 2.45) is 0 Å². The molecule has 0 radical (unpaired) electrons. The predicted molar refractivity (Wildman–Crippen MR) is 61.8 cm³/mol. The van der Waals surface area contributed by atoms with Gasteiger partial charge in [-0.1, -0.05) is 13.8 Å². The molecule has 3 N–H and O–H groups in total. The molecule has 0 aliphatic heterocycles. The van der Waals surface area contributed by atoms with Gasteiger partial charge in [0.15, 0.2) is 0 Å². The molecule has 84 valence electrons. The summed E-state index contributed by atoms with van der Waals surface area (Å²) in [5.74, 6) is -0.0398. The summed E-state index contributed by atoms with van der Waals surface area (Å²) < 4.78 is 1.90. The van der Waals surface area contributed by atoms with Crippen LogP contribution in [0.3, 0.4) is 0 Å². The van der Waals surface area contributed by atoms with Gasteiger partial charge < -0.3 is 15.6 Å². The molecule has 1 amide bonds. The summed E-state index contributed by atoms with van der Waals surface area (Å²) in [5, 5.41) is 2.85. The molecule has 0 saturated carbocycles. The van der Waals surface area contributed by atoms with Crippen LogP contribution in [0.15, 0.2) is 12.3 Å². The molecule has 1 heterocycles. The van der Waals surface area contributed by atoms with E-state index in [1.807, 2.05) is 17.7 Å². The number of amides is 1. The number of hydrogen-bond acceptors (Lipinski definition) is 2. The van der Waals surface area contributed by atoms with E-state index in [1.165, 1.54) is 0 Å². The Balaban J connectivity index is 2.77. The monoisotopic (exact) mass is 209 g/mol. The topological polar surface area (TPSA) is 60.1 Å². The summed E-state index contributed by atoms with van der Waals surface area (Å²) in [6.45, 7) is 5.63. The lowest BCUT2D eigenvalue weighted by molar-refractivity contribution is 0.0944. The molecule has 0 bridgehead atoms. The van der Waals surface area contributed by atoms with Crippen molar-refractivity contribution >= 4 is 11.6 Å². The van der Waals surface area contributed by atoms with Gasteiger partial charge in [0.2, 0.25) is 0 Å². The molecule has 4 nitrogen and oxygen atoms in total. The first kappa shape index (κ1) is 11.6. The smallest absolute Gasteiger partial charge is 0.267 e. The van der Waals surface area contributed by atoms with Crippen molar-refractivity contribution < 1.29 is 4.79 Å². The van der Waals surface area contributed by atoms with E-state index < -0.39 is 0 Å². The number of nitrogen functional groups attached to an aromatic ring is 1. The molecular formula is C11H19N3O. The van der Waals surface area contributed by atoms with Gasteiger partial charge in [-0.3, -0.25) is 4.79 Å². The number of anilines is 1. The summed E-state index contributed by atoms with van der Waals surface area (Å²) in [6.07, 6.45) is 3.74. The second-order valence-corrected chi connectivity index (χ2v) is 3.61. The zero-order chi connectivity index (χ0) is 11.3. The molecule has 0 saturated heterocycles. The largest absolute Gasteiger partial charge is 0.397 e. The summed E-state index contributed by atoms with van der Waals surface area (Å²) in [4.78, 5) is 11.7. The van der Waals surface area contributed by atoms with Crippen molar-refractivity contribution in [2.75, 3.05) is 12.3 Å². The lowest BCUT2D eigenvalue weighted by Gasteiger charge is -2.07. The van der Waals surface area contributed by atoms with E-state index in [4.69, 9.17) is 5.73 Å². The molecule has 15 heavy (non-hydrogen) atoms. The van der Waals surface area contributed by atoms with Gasteiger partial charge in [-0.05, 0) is 18.9 Å². The number of carbonyl (C=O) groups excluding carboxylic acids is 1. The fourth-order valence-electron chi connectivity index (χ4n) is 1.48. The highest BCUT2D eigenvalue weighted by Gasteiger charge is 2.11. The van der Waals surface area contributed by atoms with E-state index in [2.05, 4.69) is 12.2 Å². The predicted octanol–water partition coefficient (Wildman–Crippen LogP) is 1.62. The number of aryl methyl sites for hydroxylation is 1. The van der Waals surface area contributed by atoms with Gasteiger partial charge in [-0.2, -0.15) is 0 Å². The molecule has 0 aliphatic carbocycles. The van der Waals surface area contributed by atoms with Crippen LogP contribution in [0, 0.1) is 0 Å². The van der Waals surface area contributed by atoms with Gasteiger partial charge in [-0.15, -0.1) is 0 Å². The number of nitrogens with two attached hydrogens (primary N) is 1. The van der Waals surface area contributed by atoms with Gasteiger partial charge in [0.1, 0.15) is 5.69 Å². The van der Waals surface area contributed by atoms with Crippen molar-refractivity contribution in [3.63, 3.8) is 0 Å². The highest BCUT2D eigenvalue weighted by atomic mass is 16.1. The first-order valence-electron chi connectivity index (χ1n) is 5.42. The van der Waals surface area contributed by atoms with Crippen molar-refractivity contribution in [3.8, 4) is 0 Å². The Morgan fingerprint density at radius 3 is 2.80 bits per heavy atom. The minimum atomic E-state index is -0.0398. The normalized spacial score (nSPS) is 10.3. The fourth-order valence-corrected chi connectivity index (χ4v) is 1.48. The second-order valence-electron chi connectivity index (χ2n) is 3.61. The highest BCUT2D eigenvalue weighted by molar-refractivity contribution is 5.93. The number of rotatable bonds is 5. The van der Waals surface area contributed by atoms with E-state index >= 15 is 0 Å². The van der Waals surface area contributed by atoms with E-state index in [0.717, 1.165) is 19.4 Å². The average molecular weight is 209 g/mol. The van der Waals surface area contributed by atoms with Gasteiger partial charge in [0.25, 0.3) is 5.91 Å². The molecule has 4 heteroatoms. The first-order valence-corrected chi connectivity index (χ1v) is 5.42. The lowest BCUT2D eigenvalue weighted by atomic mass is 10.3. The number of nitrogens with zero attached hydrogens (tertiary/aromatic N) is 1. The van der Waals surface area contributed by atoms with Crippen LogP contribution in [0.5, 0.6) is 0 Å². The van der Waals surface area contributed by atoms with E-state index in [0.29, 0.717) is 17.9 Å². The molecule has 0 unspecified atom stereocenters. The fraction of sp³-hybridized carbons (Fsp3) is 0.545. The number of nitrogens with one attached hydrogen (secondary N) is 1. The lowest BCUT2D eigenvalue weighted by Crippen LogP contribution is -2.26. The third-order valence-electron chi connectivity index (χ3n) is 2.15. The van der Waals surface area contributed by atoms with E-state index in [9.17, 15) is 4.79 Å². The molecule has 1 aromatic rings. The zero-order valence-corrected chi connectivity index (χ0v) is 9.42. The van der Waals surface area contributed by atoms with Crippen molar-refractivity contribution in [2.45, 2.75) is 33.2 Å². The number of carbonyl (C=O) groups is 1. The summed E-state index contributed by atoms with van der Waals surface area (Å²) in [7, 11) is 0.